The van der Waals surface area contributed by atoms with Crippen molar-refractivity contribution in [2.24, 2.45) is 0 Å². The lowest BCUT2D eigenvalue weighted by Crippen LogP contribution is -2.14. The smallest absolute Gasteiger partial charge is 0.214 e. The van der Waals surface area contributed by atoms with E-state index in [1.54, 1.807) is 16.4 Å². The lowest BCUT2D eigenvalue weighted by Gasteiger charge is -2.05. The first-order chi connectivity index (χ1) is 14.7. The van der Waals surface area contributed by atoms with Crippen molar-refractivity contribution in [1.29, 1.82) is 0 Å². The minimum absolute atomic E-state index is 0. The summed E-state index contributed by atoms with van der Waals surface area (Å²) in [4.78, 5) is 0. The van der Waals surface area contributed by atoms with Gasteiger partial charge in [0.15, 0.2) is 0 Å². The summed E-state index contributed by atoms with van der Waals surface area (Å²) >= 11 is 7.86. The molecule has 4 aromatic rings. The Kier molecular flexibility index (Phi) is 8.54. The van der Waals surface area contributed by atoms with E-state index in [9.17, 15) is 0 Å². The number of nitrogens with one attached hydrogen (secondary N) is 1. The molecule has 0 radical (unpaired) electrons. The van der Waals surface area contributed by atoms with Gasteiger partial charge in [0.25, 0.3) is 0 Å². The molecule has 162 valence electrons. The molecule has 0 aliphatic carbocycles. The summed E-state index contributed by atoms with van der Waals surface area (Å²) in [5, 5.41) is 17.0. The third kappa shape index (κ3) is 5.89. The van der Waals surface area contributed by atoms with Crippen molar-refractivity contribution < 1.29 is 4.42 Å². The number of halogens is 2. The molecular weight excluding hydrogens is 453 g/mol. The number of thioether (sulfide) groups is 1. The normalized spacial score (nSPS) is 10.8. The number of hydrogen-bond donors (Lipinski definition) is 1. The second-order valence-corrected chi connectivity index (χ2v) is 8.24. The molecule has 0 aliphatic heterocycles. The van der Waals surface area contributed by atoms with E-state index in [1.165, 1.54) is 0 Å². The third-order valence-electron chi connectivity index (χ3n) is 4.66. The lowest BCUT2D eigenvalue weighted by atomic mass is 10.1. The van der Waals surface area contributed by atoms with Crippen LogP contribution in [0.2, 0.25) is 5.02 Å². The topological polar surface area (TPSA) is 68.8 Å². The monoisotopic (exact) mass is 475 g/mol. The first-order valence-corrected chi connectivity index (χ1v) is 11.1. The molecule has 0 bridgehead atoms. The third-order valence-corrected chi connectivity index (χ3v) is 6.08. The average molecular weight is 476 g/mol. The molecule has 0 amide bonds. The molecule has 0 unspecified atom stereocenters. The van der Waals surface area contributed by atoms with Gasteiger partial charge in [0.1, 0.15) is 11.5 Å². The Morgan fingerprint density at radius 2 is 1.90 bits per heavy atom. The summed E-state index contributed by atoms with van der Waals surface area (Å²) in [5.41, 5.74) is 3.02. The summed E-state index contributed by atoms with van der Waals surface area (Å²) in [7, 11) is 0. The van der Waals surface area contributed by atoms with Gasteiger partial charge in [-0.1, -0.05) is 53.7 Å². The first-order valence-electron chi connectivity index (χ1n) is 9.74. The zero-order valence-corrected chi connectivity index (χ0v) is 19.4. The largest absolute Gasteiger partial charge is 0.460 e. The molecule has 0 fully saturated rings. The number of rotatable bonds is 9. The number of hydrogen-bond acceptors (Lipinski definition) is 6. The van der Waals surface area contributed by atoms with Gasteiger partial charge >= 0.3 is 0 Å². The molecule has 31 heavy (non-hydrogen) atoms. The SMILES string of the molecule is Cc1c(Cl)cccc1-c1ccc(CNCCCSc2nnnn2-c2ccccc2)o1.Cl. The van der Waals surface area contributed by atoms with Crippen LogP contribution in [0, 0.1) is 6.92 Å². The fraction of sp³-hybridized carbons (Fsp3) is 0.227. The maximum absolute atomic E-state index is 6.21. The number of benzene rings is 2. The van der Waals surface area contributed by atoms with Crippen LogP contribution in [0.5, 0.6) is 0 Å². The highest BCUT2D eigenvalue weighted by molar-refractivity contribution is 7.99. The van der Waals surface area contributed by atoms with Gasteiger partial charge in [-0.2, -0.15) is 4.68 Å². The second-order valence-electron chi connectivity index (χ2n) is 6.77. The van der Waals surface area contributed by atoms with Gasteiger partial charge in [0, 0.05) is 16.3 Å². The van der Waals surface area contributed by atoms with Crippen molar-refractivity contribution in [3.8, 4) is 17.0 Å². The highest BCUT2D eigenvalue weighted by atomic mass is 35.5. The van der Waals surface area contributed by atoms with Crippen LogP contribution in [0.15, 0.2) is 70.2 Å². The second kappa shape index (κ2) is 11.3. The molecule has 2 aromatic heterocycles. The molecule has 0 aliphatic rings. The van der Waals surface area contributed by atoms with Crippen LogP contribution in [0.25, 0.3) is 17.0 Å². The van der Waals surface area contributed by atoms with Gasteiger partial charge in [-0.3, -0.25) is 0 Å². The summed E-state index contributed by atoms with van der Waals surface area (Å²) in [5.74, 6) is 2.67. The first kappa shape index (κ1) is 23.3. The lowest BCUT2D eigenvalue weighted by molar-refractivity contribution is 0.493. The Labute approximate surface area is 196 Å². The number of furan rings is 1. The Morgan fingerprint density at radius 1 is 1.06 bits per heavy atom. The number of para-hydroxylation sites is 1. The molecule has 1 N–H and O–H groups in total. The van der Waals surface area contributed by atoms with Crippen molar-refractivity contribution in [1.82, 2.24) is 25.5 Å². The van der Waals surface area contributed by atoms with Crippen molar-refractivity contribution in [3.63, 3.8) is 0 Å². The summed E-state index contributed by atoms with van der Waals surface area (Å²) in [6.45, 7) is 3.57. The average Bonchev–Trinajstić information content (AvgIpc) is 3.43. The van der Waals surface area contributed by atoms with Crippen LogP contribution in [0.1, 0.15) is 17.7 Å². The van der Waals surface area contributed by atoms with Crippen LogP contribution >= 0.6 is 35.8 Å². The van der Waals surface area contributed by atoms with E-state index in [-0.39, 0.29) is 12.4 Å². The van der Waals surface area contributed by atoms with Crippen molar-refractivity contribution in [2.75, 3.05) is 12.3 Å². The van der Waals surface area contributed by atoms with Gasteiger partial charge in [-0.05, 0) is 66.2 Å². The fourth-order valence-electron chi connectivity index (χ4n) is 3.06. The van der Waals surface area contributed by atoms with Gasteiger partial charge in [-0.15, -0.1) is 17.5 Å². The molecule has 0 atom stereocenters. The van der Waals surface area contributed by atoms with Crippen LogP contribution in [0.4, 0.5) is 0 Å². The van der Waals surface area contributed by atoms with Gasteiger partial charge < -0.3 is 9.73 Å². The maximum atomic E-state index is 6.21. The van der Waals surface area contributed by atoms with Gasteiger partial charge in [0.05, 0.1) is 12.2 Å². The molecule has 4 rings (SSSR count). The van der Waals surface area contributed by atoms with E-state index in [0.29, 0.717) is 6.54 Å². The Balaban J connectivity index is 0.00000272. The van der Waals surface area contributed by atoms with Crippen LogP contribution in [0.3, 0.4) is 0 Å². The van der Waals surface area contributed by atoms with Crippen molar-refractivity contribution >= 4 is 35.8 Å². The molecule has 2 heterocycles. The van der Waals surface area contributed by atoms with E-state index in [4.69, 9.17) is 16.0 Å². The zero-order valence-electron chi connectivity index (χ0n) is 17.0. The maximum Gasteiger partial charge on any atom is 0.214 e. The fourth-order valence-corrected chi connectivity index (χ4v) is 4.07. The highest BCUT2D eigenvalue weighted by Crippen LogP contribution is 2.29. The molecular formula is C22H23Cl2N5OS. The minimum Gasteiger partial charge on any atom is -0.460 e. The zero-order chi connectivity index (χ0) is 20.8. The molecule has 6 nitrogen and oxygen atoms in total. The molecule has 0 saturated carbocycles. The predicted molar refractivity (Wildman–Crippen MR) is 127 cm³/mol. The van der Waals surface area contributed by atoms with E-state index >= 15 is 0 Å². The number of aromatic nitrogens is 4. The molecule has 0 saturated heterocycles. The molecule has 9 heteroatoms. The summed E-state index contributed by atoms with van der Waals surface area (Å²) in [6.07, 6.45) is 0.993. The summed E-state index contributed by atoms with van der Waals surface area (Å²) < 4.78 is 7.74. The molecule has 2 aromatic carbocycles. The quantitative estimate of drug-likeness (QED) is 0.251. The van der Waals surface area contributed by atoms with Gasteiger partial charge in [0.2, 0.25) is 5.16 Å². The predicted octanol–water partition coefficient (Wildman–Crippen LogP) is 5.58. The van der Waals surface area contributed by atoms with Crippen LogP contribution in [-0.2, 0) is 6.54 Å². The Hall–Kier alpha value is -2.32. The highest BCUT2D eigenvalue weighted by Gasteiger charge is 2.10. The molecule has 0 spiro atoms. The van der Waals surface area contributed by atoms with Crippen LogP contribution < -0.4 is 5.32 Å². The number of tetrazole rings is 1. The summed E-state index contributed by atoms with van der Waals surface area (Å²) in [6, 6.07) is 19.8. The van der Waals surface area contributed by atoms with E-state index in [2.05, 4.69) is 20.8 Å². The van der Waals surface area contributed by atoms with Crippen molar-refractivity contribution in [3.05, 3.63) is 77.0 Å². The van der Waals surface area contributed by atoms with E-state index < -0.39 is 0 Å². The van der Waals surface area contributed by atoms with Crippen LogP contribution in [-0.4, -0.2) is 32.5 Å². The van der Waals surface area contributed by atoms with E-state index in [1.807, 2.05) is 67.6 Å². The Bertz CT molecular complexity index is 1100. The minimum atomic E-state index is 0. The van der Waals surface area contributed by atoms with E-state index in [0.717, 1.165) is 57.2 Å². The Morgan fingerprint density at radius 3 is 2.74 bits per heavy atom. The van der Waals surface area contributed by atoms with Gasteiger partial charge in [-0.25, -0.2) is 0 Å². The number of nitrogens with zero attached hydrogens (tertiary/aromatic N) is 4. The van der Waals surface area contributed by atoms with Crippen molar-refractivity contribution in [2.45, 2.75) is 25.0 Å². The standard InChI is InChI=1S/C22H22ClN5OS.ClH/c1-16-19(9-5-10-20(16)23)21-12-11-18(29-21)15-24-13-6-14-30-22-25-26-27-28(22)17-7-3-2-4-8-17;/h2-5,7-12,24H,6,13-15H2,1H3;1H.